The molecular weight excluding hydrogens is 150 g/mol. The van der Waals surface area contributed by atoms with Crippen LogP contribution in [0.5, 0.6) is 0 Å². The third-order valence-corrected chi connectivity index (χ3v) is 2.07. The van der Waals surface area contributed by atoms with Crippen molar-refractivity contribution in [2.24, 2.45) is 5.73 Å². The van der Waals surface area contributed by atoms with Crippen molar-refractivity contribution in [3.63, 3.8) is 0 Å². The maximum absolute atomic E-state index is 5.47. The average Bonchev–Trinajstić information content (AvgIpc) is 2.17. The smallest absolute Gasteiger partial charge is 0.115 e. The van der Waals surface area contributed by atoms with Gasteiger partial charge in [0.2, 0.25) is 0 Å². The fourth-order valence-electron chi connectivity index (χ4n) is 1.01. The van der Waals surface area contributed by atoms with Crippen LogP contribution in [0.1, 0.15) is 37.6 Å². The van der Waals surface area contributed by atoms with E-state index in [9.17, 15) is 0 Å². The maximum Gasteiger partial charge on any atom is 0.115 e. The van der Waals surface area contributed by atoms with Crippen LogP contribution in [0, 0.1) is 0 Å². The molecule has 12 heavy (non-hydrogen) atoms. The van der Waals surface area contributed by atoms with Crippen molar-refractivity contribution in [2.75, 3.05) is 0 Å². The lowest BCUT2D eigenvalue weighted by Gasteiger charge is -2.07. The Labute approximate surface area is 73.0 Å². The number of hydrogen-bond donors (Lipinski definition) is 1. The first-order valence-electron chi connectivity index (χ1n) is 4.28. The van der Waals surface area contributed by atoms with Crippen molar-refractivity contribution in [2.45, 2.75) is 32.7 Å². The van der Waals surface area contributed by atoms with Crippen molar-refractivity contribution in [3.05, 3.63) is 23.8 Å². The third-order valence-electron chi connectivity index (χ3n) is 2.07. The predicted octanol–water partition coefficient (Wildman–Crippen LogP) is 1.45. The van der Waals surface area contributed by atoms with Gasteiger partial charge in [0, 0.05) is 12.2 Å². The summed E-state index contributed by atoms with van der Waals surface area (Å²) in [7, 11) is 0. The van der Waals surface area contributed by atoms with Gasteiger partial charge in [0.1, 0.15) is 6.33 Å². The highest BCUT2D eigenvalue weighted by Gasteiger charge is 2.04. The second kappa shape index (κ2) is 4.16. The Morgan fingerprint density at radius 3 is 2.83 bits per heavy atom. The first-order valence-corrected chi connectivity index (χ1v) is 4.28. The van der Waals surface area contributed by atoms with Crippen LogP contribution >= 0.6 is 0 Å². The van der Waals surface area contributed by atoms with Gasteiger partial charge in [-0.2, -0.15) is 0 Å². The van der Waals surface area contributed by atoms with Gasteiger partial charge >= 0.3 is 0 Å². The number of nitrogens with two attached hydrogens (primary N) is 1. The zero-order chi connectivity index (χ0) is 8.97. The quantitative estimate of drug-likeness (QED) is 0.737. The summed E-state index contributed by atoms with van der Waals surface area (Å²) >= 11 is 0. The summed E-state index contributed by atoms with van der Waals surface area (Å²) in [6.07, 6.45) is 2.69. The van der Waals surface area contributed by atoms with Crippen LogP contribution in [0.25, 0.3) is 0 Å². The minimum absolute atomic E-state index is 0.492. The van der Waals surface area contributed by atoms with Crippen LogP contribution in [0.2, 0.25) is 0 Å². The van der Waals surface area contributed by atoms with Gasteiger partial charge in [0.05, 0.1) is 5.69 Å². The number of nitrogens with zero attached hydrogens (tertiary/aromatic N) is 2. The molecule has 0 aliphatic rings. The van der Waals surface area contributed by atoms with E-state index in [-0.39, 0.29) is 0 Å². The molecule has 3 heteroatoms. The van der Waals surface area contributed by atoms with E-state index in [1.807, 2.05) is 6.07 Å². The fourth-order valence-corrected chi connectivity index (χ4v) is 1.01. The van der Waals surface area contributed by atoms with E-state index in [1.165, 1.54) is 0 Å². The lowest BCUT2D eigenvalue weighted by Crippen LogP contribution is -2.03. The molecule has 0 fully saturated rings. The van der Waals surface area contributed by atoms with Crippen molar-refractivity contribution in [1.29, 1.82) is 0 Å². The van der Waals surface area contributed by atoms with Gasteiger partial charge in [-0.05, 0) is 18.4 Å². The Hall–Kier alpha value is -0.960. The molecule has 1 atom stereocenters. The fraction of sp³-hybridized carbons (Fsp3) is 0.556. The number of hydrogen-bond acceptors (Lipinski definition) is 3. The Kier molecular flexibility index (Phi) is 3.17. The summed E-state index contributed by atoms with van der Waals surface area (Å²) in [6, 6.07) is 1.98. The van der Waals surface area contributed by atoms with Gasteiger partial charge in [-0.3, -0.25) is 0 Å². The standard InChI is InChI=1S/C9H15N3/c1-3-7(2)9-4-8(5-10)11-6-12-9/h4,6-7H,3,5,10H2,1-2H3/t7-/m0/s1. The Bertz CT molecular complexity index is 247. The van der Waals surface area contributed by atoms with Crippen LogP contribution < -0.4 is 5.73 Å². The molecule has 1 heterocycles. The van der Waals surface area contributed by atoms with Crippen LogP contribution in [0.15, 0.2) is 12.4 Å². The highest BCUT2D eigenvalue weighted by atomic mass is 14.8. The van der Waals surface area contributed by atoms with Crippen LogP contribution in [0.3, 0.4) is 0 Å². The summed E-state index contributed by atoms with van der Waals surface area (Å²) in [5.41, 5.74) is 7.48. The van der Waals surface area contributed by atoms with Gasteiger partial charge in [0.15, 0.2) is 0 Å². The maximum atomic E-state index is 5.47. The molecule has 0 saturated heterocycles. The summed E-state index contributed by atoms with van der Waals surface area (Å²) in [5.74, 6) is 0.498. The molecule has 1 rings (SSSR count). The summed E-state index contributed by atoms with van der Waals surface area (Å²) < 4.78 is 0. The van der Waals surface area contributed by atoms with Gasteiger partial charge in [0.25, 0.3) is 0 Å². The summed E-state index contributed by atoms with van der Waals surface area (Å²) in [4.78, 5) is 8.23. The highest BCUT2D eigenvalue weighted by molar-refractivity contribution is 5.11. The van der Waals surface area contributed by atoms with E-state index in [2.05, 4.69) is 23.8 Å². The monoisotopic (exact) mass is 165 g/mol. The second-order valence-electron chi connectivity index (χ2n) is 2.95. The SMILES string of the molecule is CC[C@H](C)c1cc(CN)ncn1. The number of aromatic nitrogens is 2. The molecule has 1 aromatic rings. The molecule has 3 nitrogen and oxygen atoms in total. The van der Waals surface area contributed by atoms with Gasteiger partial charge in [-0.15, -0.1) is 0 Å². The molecule has 1 aromatic heterocycles. The van der Waals surface area contributed by atoms with Crippen molar-refractivity contribution < 1.29 is 0 Å². The molecule has 2 N–H and O–H groups in total. The molecule has 66 valence electrons. The topological polar surface area (TPSA) is 51.8 Å². The molecule has 0 unspecified atom stereocenters. The Morgan fingerprint density at radius 1 is 1.50 bits per heavy atom. The lowest BCUT2D eigenvalue weighted by molar-refractivity contribution is 0.699. The van der Waals surface area contributed by atoms with Crippen LogP contribution in [-0.4, -0.2) is 9.97 Å². The molecule has 0 spiro atoms. The van der Waals surface area contributed by atoms with Crippen molar-refractivity contribution >= 4 is 0 Å². The molecule has 0 aromatic carbocycles. The van der Waals surface area contributed by atoms with Gasteiger partial charge in [-0.25, -0.2) is 9.97 Å². The minimum atomic E-state index is 0.492. The summed E-state index contributed by atoms with van der Waals surface area (Å²) in [5, 5.41) is 0. The van der Waals surface area contributed by atoms with E-state index in [0.717, 1.165) is 17.8 Å². The zero-order valence-electron chi connectivity index (χ0n) is 7.62. The van der Waals surface area contributed by atoms with E-state index < -0.39 is 0 Å². The number of rotatable bonds is 3. The summed E-state index contributed by atoms with van der Waals surface area (Å²) in [6.45, 7) is 4.80. The van der Waals surface area contributed by atoms with E-state index in [4.69, 9.17) is 5.73 Å². The molecular formula is C9H15N3. The van der Waals surface area contributed by atoms with Crippen molar-refractivity contribution in [1.82, 2.24) is 9.97 Å². The minimum Gasteiger partial charge on any atom is -0.325 e. The first kappa shape index (κ1) is 9.13. The first-order chi connectivity index (χ1) is 5.77. The normalized spacial score (nSPS) is 12.9. The third kappa shape index (κ3) is 2.01. The Morgan fingerprint density at radius 2 is 2.25 bits per heavy atom. The molecule has 0 saturated carbocycles. The molecule has 0 bridgehead atoms. The predicted molar refractivity (Wildman–Crippen MR) is 48.6 cm³/mol. The molecule has 0 amide bonds. The van der Waals surface area contributed by atoms with Crippen molar-refractivity contribution in [3.8, 4) is 0 Å². The van der Waals surface area contributed by atoms with E-state index in [0.29, 0.717) is 12.5 Å². The second-order valence-corrected chi connectivity index (χ2v) is 2.95. The van der Waals surface area contributed by atoms with Crippen LogP contribution in [0.4, 0.5) is 0 Å². The van der Waals surface area contributed by atoms with E-state index >= 15 is 0 Å². The highest BCUT2D eigenvalue weighted by Crippen LogP contribution is 2.15. The van der Waals surface area contributed by atoms with E-state index in [1.54, 1.807) is 6.33 Å². The lowest BCUT2D eigenvalue weighted by atomic mass is 10.0. The van der Waals surface area contributed by atoms with Crippen LogP contribution in [-0.2, 0) is 6.54 Å². The average molecular weight is 165 g/mol. The largest absolute Gasteiger partial charge is 0.325 e. The molecule has 0 aliphatic heterocycles. The molecule has 0 aliphatic carbocycles. The zero-order valence-corrected chi connectivity index (χ0v) is 7.62. The molecule has 0 radical (unpaired) electrons. The van der Waals surface area contributed by atoms with Gasteiger partial charge in [-0.1, -0.05) is 13.8 Å². The van der Waals surface area contributed by atoms with Gasteiger partial charge < -0.3 is 5.73 Å². The Balaban J connectivity index is 2.86.